The summed E-state index contributed by atoms with van der Waals surface area (Å²) in [4.78, 5) is 28.6. The molecule has 0 saturated carbocycles. The first-order chi connectivity index (χ1) is 9.56. The molecular formula is C11H16ClN7O. The minimum Gasteiger partial charge on any atom is -0.359 e. The molecule has 3 N–H and O–H groups in total. The molecule has 0 bridgehead atoms. The summed E-state index contributed by atoms with van der Waals surface area (Å²) in [6.07, 6.45) is 1.50. The highest BCUT2D eigenvalue weighted by molar-refractivity contribution is 6.28. The van der Waals surface area contributed by atoms with Gasteiger partial charge in [0, 0.05) is 13.1 Å². The van der Waals surface area contributed by atoms with Crippen LogP contribution in [0.5, 0.6) is 0 Å². The van der Waals surface area contributed by atoms with Crippen LogP contribution in [0.2, 0.25) is 5.28 Å². The fourth-order valence-corrected chi connectivity index (χ4v) is 1.74. The molecule has 0 aliphatic heterocycles. The van der Waals surface area contributed by atoms with Crippen LogP contribution in [0.15, 0.2) is 6.33 Å². The molecule has 1 amide bonds. The molecule has 0 aromatic carbocycles. The number of hydrogen-bond acceptors (Lipinski definition) is 6. The molecule has 108 valence electrons. The average molecular weight is 298 g/mol. The van der Waals surface area contributed by atoms with Gasteiger partial charge in [-0.2, -0.15) is 9.97 Å². The van der Waals surface area contributed by atoms with Crippen molar-refractivity contribution in [3.05, 3.63) is 11.6 Å². The monoisotopic (exact) mass is 297 g/mol. The number of carbonyl (C=O) groups excluding carboxylic acids is 1. The Kier molecular flexibility index (Phi) is 4.70. The zero-order valence-corrected chi connectivity index (χ0v) is 12.0. The molecule has 0 unspecified atom stereocenters. The Morgan fingerprint density at radius 2 is 2.25 bits per heavy atom. The molecule has 8 nitrogen and oxygen atoms in total. The zero-order valence-electron chi connectivity index (χ0n) is 11.3. The van der Waals surface area contributed by atoms with Crippen LogP contribution in [0, 0.1) is 0 Å². The summed E-state index contributed by atoms with van der Waals surface area (Å²) in [5.74, 6) is 0.342. The second kappa shape index (κ2) is 6.49. The van der Waals surface area contributed by atoms with Crippen LogP contribution in [-0.2, 0) is 4.79 Å². The number of halogens is 1. The highest BCUT2D eigenvalue weighted by atomic mass is 35.5. The van der Waals surface area contributed by atoms with Crippen molar-refractivity contribution < 1.29 is 4.79 Å². The van der Waals surface area contributed by atoms with Crippen molar-refractivity contribution in [1.82, 2.24) is 30.2 Å². The van der Waals surface area contributed by atoms with E-state index in [0.29, 0.717) is 23.5 Å². The molecular weight excluding hydrogens is 282 g/mol. The molecule has 2 aromatic rings. The highest BCUT2D eigenvalue weighted by Crippen LogP contribution is 2.17. The largest absolute Gasteiger partial charge is 0.359 e. The van der Waals surface area contributed by atoms with Gasteiger partial charge in [-0.25, -0.2) is 4.98 Å². The summed E-state index contributed by atoms with van der Waals surface area (Å²) >= 11 is 5.79. The summed E-state index contributed by atoms with van der Waals surface area (Å²) in [5, 5.41) is 5.80. The molecule has 20 heavy (non-hydrogen) atoms. The van der Waals surface area contributed by atoms with Crippen molar-refractivity contribution >= 4 is 34.5 Å². The van der Waals surface area contributed by atoms with Gasteiger partial charge in [-0.3, -0.25) is 4.79 Å². The van der Waals surface area contributed by atoms with Crippen molar-refractivity contribution in [2.24, 2.45) is 0 Å². The van der Waals surface area contributed by atoms with E-state index in [4.69, 9.17) is 11.6 Å². The normalized spacial score (nSPS) is 11.0. The van der Waals surface area contributed by atoms with E-state index in [2.05, 4.69) is 30.6 Å². The number of hydrogen-bond donors (Lipinski definition) is 3. The van der Waals surface area contributed by atoms with Crippen LogP contribution < -0.4 is 10.6 Å². The number of aromatic amines is 1. The number of aromatic nitrogens is 4. The first kappa shape index (κ1) is 14.5. The number of nitrogens with one attached hydrogen (secondary N) is 3. The van der Waals surface area contributed by atoms with E-state index < -0.39 is 0 Å². The standard InChI is InChI=1S/C11H16ClN7O/c1-19(2)4-3-13-7(20)5-14-9-8-10(16-6-15-8)18-11(12)17-9/h6H,3-5H2,1-2H3,(H,13,20)(H2,14,15,16,17,18). The molecule has 2 rings (SSSR count). The van der Waals surface area contributed by atoms with E-state index in [-0.39, 0.29) is 17.7 Å². The fraction of sp³-hybridized carbons (Fsp3) is 0.455. The number of H-pyrrole nitrogens is 1. The summed E-state index contributed by atoms with van der Waals surface area (Å²) in [5.41, 5.74) is 1.08. The molecule has 2 aromatic heterocycles. The Bertz CT molecular complexity index is 597. The first-order valence-electron chi connectivity index (χ1n) is 6.08. The fourth-order valence-electron chi connectivity index (χ4n) is 1.58. The maximum atomic E-state index is 11.7. The second-order valence-electron chi connectivity index (χ2n) is 4.45. The van der Waals surface area contributed by atoms with Crippen molar-refractivity contribution in [2.45, 2.75) is 0 Å². The van der Waals surface area contributed by atoms with E-state index in [9.17, 15) is 4.79 Å². The predicted octanol–water partition coefficient (Wildman–Crippen LogP) is 0.0960. The number of nitrogens with zero attached hydrogens (tertiary/aromatic N) is 4. The van der Waals surface area contributed by atoms with E-state index in [0.717, 1.165) is 6.54 Å². The predicted molar refractivity (Wildman–Crippen MR) is 76.7 cm³/mol. The van der Waals surface area contributed by atoms with Crippen LogP contribution in [0.4, 0.5) is 5.82 Å². The molecule has 0 radical (unpaired) electrons. The zero-order chi connectivity index (χ0) is 14.5. The molecule has 0 fully saturated rings. The van der Waals surface area contributed by atoms with Crippen LogP contribution in [0.1, 0.15) is 0 Å². The molecule has 0 aliphatic carbocycles. The van der Waals surface area contributed by atoms with E-state index in [1.807, 2.05) is 19.0 Å². The summed E-state index contributed by atoms with van der Waals surface area (Å²) < 4.78 is 0. The molecule has 0 aliphatic rings. The number of rotatable bonds is 6. The second-order valence-corrected chi connectivity index (χ2v) is 4.79. The lowest BCUT2D eigenvalue weighted by molar-refractivity contribution is -0.119. The number of anilines is 1. The summed E-state index contributed by atoms with van der Waals surface area (Å²) in [7, 11) is 3.89. The summed E-state index contributed by atoms with van der Waals surface area (Å²) in [6, 6.07) is 0. The lowest BCUT2D eigenvalue weighted by Crippen LogP contribution is -2.35. The lowest BCUT2D eigenvalue weighted by atomic mass is 10.4. The van der Waals surface area contributed by atoms with Crippen molar-refractivity contribution in [1.29, 1.82) is 0 Å². The number of amides is 1. The van der Waals surface area contributed by atoms with Gasteiger partial charge in [0.1, 0.15) is 5.52 Å². The third-order valence-corrected chi connectivity index (χ3v) is 2.72. The van der Waals surface area contributed by atoms with E-state index in [1.165, 1.54) is 6.33 Å². The van der Waals surface area contributed by atoms with Crippen LogP contribution in [-0.4, -0.2) is 64.5 Å². The van der Waals surface area contributed by atoms with Crippen LogP contribution >= 0.6 is 11.6 Å². The van der Waals surface area contributed by atoms with Crippen molar-refractivity contribution in [2.75, 3.05) is 39.0 Å². The van der Waals surface area contributed by atoms with Gasteiger partial charge in [-0.05, 0) is 25.7 Å². The first-order valence-corrected chi connectivity index (χ1v) is 6.46. The Labute approximate surface area is 120 Å². The number of imidazole rings is 1. The Morgan fingerprint density at radius 3 is 3.00 bits per heavy atom. The maximum Gasteiger partial charge on any atom is 0.239 e. The molecule has 9 heteroatoms. The minimum absolute atomic E-state index is 0.0834. The van der Waals surface area contributed by atoms with Crippen molar-refractivity contribution in [3.8, 4) is 0 Å². The van der Waals surface area contributed by atoms with Gasteiger partial charge >= 0.3 is 0 Å². The SMILES string of the molecule is CN(C)CCNC(=O)CNc1nc(Cl)nc2nc[nH]c12. The van der Waals surface area contributed by atoms with E-state index >= 15 is 0 Å². The molecule has 2 heterocycles. The van der Waals surface area contributed by atoms with Gasteiger partial charge < -0.3 is 20.5 Å². The van der Waals surface area contributed by atoms with Gasteiger partial charge in [-0.15, -0.1) is 0 Å². The highest BCUT2D eigenvalue weighted by Gasteiger charge is 2.09. The summed E-state index contributed by atoms with van der Waals surface area (Å²) in [6.45, 7) is 1.49. The van der Waals surface area contributed by atoms with Crippen LogP contribution in [0.25, 0.3) is 11.2 Å². The third kappa shape index (κ3) is 3.78. The van der Waals surface area contributed by atoms with Crippen LogP contribution in [0.3, 0.4) is 0 Å². The Balaban J connectivity index is 1.92. The molecule has 0 atom stereocenters. The average Bonchev–Trinajstić information content (AvgIpc) is 2.83. The number of carbonyl (C=O) groups is 1. The van der Waals surface area contributed by atoms with E-state index in [1.54, 1.807) is 0 Å². The lowest BCUT2D eigenvalue weighted by Gasteiger charge is -2.11. The number of likely N-dealkylation sites (N-methyl/N-ethyl adjacent to an activating group) is 1. The number of fused-ring (bicyclic) bond motifs is 1. The Hall–Kier alpha value is -1.93. The Morgan fingerprint density at radius 1 is 1.45 bits per heavy atom. The van der Waals surface area contributed by atoms with Gasteiger partial charge in [0.05, 0.1) is 12.9 Å². The van der Waals surface area contributed by atoms with Gasteiger partial charge in [0.15, 0.2) is 11.5 Å². The van der Waals surface area contributed by atoms with Gasteiger partial charge in [0.2, 0.25) is 11.2 Å². The maximum absolute atomic E-state index is 11.7. The topological polar surface area (TPSA) is 98.8 Å². The molecule has 0 saturated heterocycles. The van der Waals surface area contributed by atoms with Gasteiger partial charge in [0.25, 0.3) is 0 Å². The third-order valence-electron chi connectivity index (χ3n) is 2.56. The minimum atomic E-state index is -0.116. The smallest absolute Gasteiger partial charge is 0.239 e. The molecule has 0 spiro atoms. The quantitative estimate of drug-likeness (QED) is 0.654. The van der Waals surface area contributed by atoms with Crippen molar-refractivity contribution in [3.63, 3.8) is 0 Å². The van der Waals surface area contributed by atoms with Gasteiger partial charge in [-0.1, -0.05) is 0 Å².